The molecule has 8 rings (SSSR count). The topological polar surface area (TPSA) is 189 Å². The molecule has 0 radical (unpaired) electrons. The van der Waals surface area contributed by atoms with Crippen LogP contribution in [0.5, 0.6) is 0 Å². The number of anilines is 3. The lowest BCUT2D eigenvalue weighted by atomic mass is 9.84. The van der Waals surface area contributed by atoms with Crippen LogP contribution in [0, 0.1) is 11.8 Å². The van der Waals surface area contributed by atoms with Crippen molar-refractivity contribution in [2.45, 2.75) is 86.5 Å². The number of halogens is 15. The smallest absolute Gasteiger partial charge is 0.385 e. The van der Waals surface area contributed by atoms with E-state index in [4.69, 9.17) is 11.6 Å². The summed E-state index contributed by atoms with van der Waals surface area (Å²) in [5.41, 5.74) is -9.62. The second-order valence-corrected chi connectivity index (χ2v) is 20.4. The Kier molecular flexibility index (Phi) is 19.9. The van der Waals surface area contributed by atoms with Gasteiger partial charge in [0, 0.05) is 68.0 Å². The number of aromatic nitrogens is 4. The highest BCUT2D eigenvalue weighted by Crippen LogP contribution is 2.58. The van der Waals surface area contributed by atoms with Crippen molar-refractivity contribution in [1.29, 1.82) is 0 Å². The van der Waals surface area contributed by atoms with Gasteiger partial charge in [0.1, 0.15) is 5.15 Å². The zero-order valence-electron chi connectivity index (χ0n) is 41.1. The number of nitrogens with zero attached hydrogens (tertiary/aromatic N) is 4. The monoisotopic (exact) mass is 1280 g/mol. The van der Waals surface area contributed by atoms with Gasteiger partial charge >= 0.3 is 24.7 Å². The highest BCUT2D eigenvalue weighted by atomic mass is 79.9. The van der Waals surface area contributed by atoms with E-state index >= 15 is 0 Å². The number of benzene rings is 3. The first kappa shape index (κ1) is 62.9. The molecule has 13 nitrogen and oxygen atoms in total. The van der Waals surface area contributed by atoms with Crippen LogP contribution in [0.1, 0.15) is 59.5 Å². The molecule has 5 N–H and O–H groups in total. The van der Waals surface area contributed by atoms with Crippen molar-refractivity contribution in [3.8, 4) is 0 Å². The van der Waals surface area contributed by atoms with Crippen molar-refractivity contribution in [3.63, 3.8) is 0 Å². The summed E-state index contributed by atoms with van der Waals surface area (Å²) in [6.07, 6.45) is -13.5. The van der Waals surface area contributed by atoms with Crippen LogP contribution in [0.2, 0.25) is 5.15 Å². The molecule has 0 atom stereocenters. The van der Waals surface area contributed by atoms with E-state index in [0.29, 0.717) is 53.4 Å². The van der Waals surface area contributed by atoms with Crippen LogP contribution in [0.3, 0.4) is 0 Å². The molecule has 428 valence electrons. The molecule has 3 heterocycles. The number of methoxy groups -OCH3 is 1. The number of aliphatic hydroxyl groups is 2. The van der Waals surface area contributed by atoms with E-state index in [-0.39, 0.29) is 47.4 Å². The highest BCUT2D eigenvalue weighted by molar-refractivity contribution is 9.10. The largest absolute Gasteiger partial charge is 0.430 e. The standard InChI is InChI=1S/C20H21BrN2O2.C17H13BrF6N2O2.C15H10ClF6N3O2/c21-16-7-10-18(22-12-16)11-19(24)23-17-8-5-15(6-9-17)20(25,13-1-2-13)14-3-4-14;1-28-15(16(19,20)21,17(22,23)24)10-2-5-12(6-3-10)26-14(27)8-13-7-4-11(18)9-25-13;16-11-7-23-10(6-24-11)5-12(26)25-9-3-1-8(2-4-9)13(27,14(17,18)19)15(20,21)22/h5-10,12-14,25H,1-4,11H2,(H,23,24);2-7,9H,8H2,1H3,(H,26,27);1-4,6-7,27H,5H2,(H,25,26). The van der Waals surface area contributed by atoms with E-state index in [2.05, 4.69) is 72.5 Å². The summed E-state index contributed by atoms with van der Waals surface area (Å²) in [5.74, 6) is -0.455. The molecule has 2 fully saturated rings. The third-order valence-electron chi connectivity index (χ3n) is 12.4. The molecule has 2 aliphatic rings. The predicted octanol–water partition coefficient (Wildman–Crippen LogP) is 12.6. The summed E-state index contributed by atoms with van der Waals surface area (Å²) in [7, 11) is 0.335. The molecule has 3 aromatic carbocycles. The van der Waals surface area contributed by atoms with Crippen molar-refractivity contribution in [3.05, 3.63) is 170 Å². The lowest BCUT2D eigenvalue weighted by molar-refractivity contribution is -0.383. The van der Waals surface area contributed by atoms with Crippen LogP contribution in [0.15, 0.2) is 131 Å². The van der Waals surface area contributed by atoms with Crippen molar-refractivity contribution in [2.75, 3.05) is 23.1 Å². The Bertz CT molecular complexity index is 3020. The summed E-state index contributed by atoms with van der Waals surface area (Å²) in [6.45, 7) is 0. The molecule has 28 heteroatoms. The first-order chi connectivity index (χ1) is 37.3. The molecule has 6 aromatic rings. The van der Waals surface area contributed by atoms with Gasteiger partial charge in [0.25, 0.3) is 11.2 Å². The Hall–Kier alpha value is -6.26. The fourth-order valence-corrected chi connectivity index (χ4v) is 8.71. The fraction of sp³-hybridized carbons (Fsp3) is 0.327. The van der Waals surface area contributed by atoms with Crippen LogP contribution < -0.4 is 16.0 Å². The third-order valence-corrected chi connectivity index (χ3v) is 13.5. The quantitative estimate of drug-likeness (QED) is 0.0619. The molecular weight excluding hydrogens is 1240 g/mol. The van der Waals surface area contributed by atoms with Crippen molar-refractivity contribution >= 4 is 78.2 Å². The van der Waals surface area contributed by atoms with E-state index in [0.717, 1.165) is 71.4 Å². The first-order valence-electron chi connectivity index (χ1n) is 23.5. The maximum Gasteiger partial charge on any atom is 0.430 e. The summed E-state index contributed by atoms with van der Waals surface area (Å²) < 4.78 is 162. The van der Waals surface area contributed by atoms with Crippen LogP contribution >= 0.6 is 43.5 Å². The number of ether oxygens (including phenoxy) is 1. The molecule has 2 aliphatic carbocycles. The van der Waals surface area contributed by atoms with Crippen LogP contribution in [0.25, 0.3) is 0 Å². The van der Waals surface area contributed by atoms with Gasteiger partial charge in [-0.1, -0.05) is 48.0 Å². The van der Waals surface area contributed by atoms with E-state index in [1.165, 1.54) is 18.6 Å². The van der Waals surface area contributed by atoms with Crippen molar-refractivity contribution in [1.82, 2.24) is 19.9 Å². The van der Waals surface area contributed by atoms with Gasteiger partial charge in [0.05, 0.1) is 43.0 Å². The zero-order valence-corrected chi connectivity index (χ0v) is 45.1. The fourth-order valence-electron chi connectivity index (χ4n) is 8.14. The number of carbonyl (C=O) groups is 3. The van der Waals surface area contributed by atoms with E-state index in [1.807, 2.05) is 36.4 Å². The molecular formula is C52H44Br2ClF12N7O6. The number of carbonyl (C=O) groups excluding carboxylic acids is 3. The van der Waals surface area contributed by atoms with Crippen LogP contribution in [0.4, 0.5) is 69.7 Å². The maximum absolute atomic E-state index is 13.2. The highest BCUT2D eigenvalue weighted by Gasteiger charge is 2.73. The number of hydrogen-bond donors (Lipinski definition) is 5. The van der Waals surface area contributed by atoms with Crippen molar-refractivity contribution < 1.29 is 82.0 Å². The van der Waals surface area contributed by atoms with Crippen LogP contribution in [-0.4, -0.2) is 79.7 Å². The summed E-state index contributed by atoms with van der Waals surface area (Å²) >= 11 is 12.1. The molecule has 0 aliphatic heterocycles. The average Bonchev–Trinajstić information content (AvgIpc) is 4.41. The Labute approximate surface area is 469 Å². The Morgan fingerprint density at radius 1 is 0.500 bits per heavy atom. The third kappa shape index (κ3) is 15.4. The van der Waals surface area contributed by atoms with Gasteiger partial charge in [-0.3, -0.25) is 29.3 Å². The summed E-state index contributed by atoms with van der Waals surface area (Å²) in [6, 6.07) is 20.2. The van der Waals surface area contributed by atoms with Gasteiger partial charge in [-0.2, -0.15) is 52.7 Å². The molecule has 0 spiro atoms. The lowest BCUT2D eigenvalue weighted by Gasteiger charge is -2.36. The van der Waals surface area contributed by atoms with Gasteiger partial charge in [-0.15, -0.1) is 0 Å². The molecule has 0 saturated heterocycles. The molecule has 0 unspecified atom stereocenters. The van der Waals surface area contributed by atoms with Gasteiger partial charge in [-0.25, -0.2) is 4.98 Å². The predicted molar refractivity (Wildman–Crippen MR) is 273 cm³/mol. The number of nitrogens with one attached hydrogen (secondary N) is 3. The summed E-state index contributed by atoms with van der Waals surface area (Å²) in [5, 5.41) is 28.1. The van der Waals surface area contributed by atoms with E-state index in [1.54, 1.807) is 18.3 Å². The minimum atomic E-state index is -5.98. The van der Waals surface area contributed by atoms with E-state index in [9.17, 15) is 77.3 Å². The number of rotatable bonds is 15. The molecule has 3 amide bonds. The Morgan fingerprint density at radius 3 is 1.15 bits per heavy atom. The number of pyridine rings is 2. The first-order valence-corrected chi connectivity index (χ1v) is 25.4. The Morgan fingerprint density at radius 2 is 0.850 bits per heavy atom. The number of alkyl halides is 12. The minimum absolute atomic E-state index is 0.0280. The van der Waals surface area contributed by atoms with Gasteiger partial charge < -0.3 is 30.9 Å². The average molecular weight is 1290 g/mol. The van der Waals surface area contributed by atoms with E-state index < -0.39 is 64.4 Å². The zero-order chi connectivity index (χ0) is 59.1. The summed E-state index contributed by atoms with van der Waals surface area (Å²) in [4.78, 5) is 51.7. The van der Waals surface area contributed by atoms with Gasteiger partial charge in [0.15, 0.2) is 0 Å². The lowest BCUT2D eigenvalue weighted by Crippen LogP contribution is -2.55. The molecule has 0 bridgehead atoms. The molecule has 2 saturated carbocycles. The number of hydrogen-bond acceptors (Lipinski definition) is 10. The Balaban J connectivity index is 0.000000194. The van der Waals surface area contributed by atoms with Gasteiger partial charge in [0.2, 0.25) is 17.7 Å². The second kappa shape index (κ2) is 25.3. The van der Waals surface area contributed by atoms with Crippen LogP contribution in [-0.2, 0) is 55.2 Å². The van der Waals surface area contributed by atoms with Gasteiger partial charge in [-0.05, 0) is 136 Å². The maximum atomic E-state index is 13.2. The van der Waals surface area contributed by atoms with Crippen molar-refractivity contribution in [2.24, 2.45) is 11.8 Å². The SMILES string of the molecule is COC(c1ccc(NC(=O)Cc2ccc(Br)cn2)cc1)(C(F)(F)F)C(F)(F)F.O=C(Cc1ccc(Br)cn1)Nc1ccc(C(O)(C2CC2)C2CC2)cc1.O=C(Cc1cnc(Cl)cn1)Nc1ccc(C(O)(C(F)(F)F)C(F)(F)F)cc1. The molecule has 80 heavy (non-hydrogen) atoms. The number of amides is 3. The molecule has 3 aromatic heterocycles. The normalized spacial score (nSPS) is 14.2. The minimum Gasteiger partial charge on any atom is -0.385 e. The second-order valence-electron chi connectivity index (χ2n) is 18.1.